The van der Waals surface area contributed by atoms with Gasteiger partial charge in [0.25, 0.3) is 0 Å². The Morgan fingerprint density at radius 1 is 1.11 bits per heavy atom. The number of nitrogens with zero attached hydrogens (tertiary/aromatic N) is 1. The van der Waals surface area contributed by atoms with Crippen LogP contribution < -0.4 is 0 Å². The summed E-state index contributed by atoms with van der Waals surface area (Å²) < 4.78 is 0. The van der Waals surface area contributed by atoms with Gasteiger partial charge in [-0.2, -0.15) is 0 Å². The summed E-state index contributed by atoms with van der Waals surface area (Å²) in [5, 5.41) is 0. The van der Waals surface area contributed by atoms with Crippen molar-refractivity contribution in [1.82, 2.24) is 4.90 Å². The molecule has 0 N–H and O–H groups in total. The van der Waals surface area contributed by atoms with Gasteiger partial charge in [-0.25, -0.2) is 0 Å². The second-order valence-electron chi connectivity index (χ2n) is 5.14. The van der Waals surface area contributed by atoms with Crippen LogP contribution in [0.3, 0.4) is 0 Å². The number of fused-ring (bicyclic) bond motifs is 1. The van der Waals surface area contributed by atoms with Crippen LogP contribution in [0.15, 0.2) is 24.3 Å². The molecule has 0 saturated carbocycles. The summed E-state index contributed by atoms with van der Waals surface area (Å²) in [4.78, 5) is 2.69. The smallest absolute Gasteiger partial charge is 0.0350 e. The summed E-state index contributed by atoms with van der Waals surface area (Å²) in [7, 11) is 0. The Morgan fingerprint density at radius 3 is 2.44 bits per heavy atom. The third kappa shape index (κ3) is 3.49. The Morgan fingerprint density at radius 2 is 1.78 bits per heavy atom. The molecule has 1 aliphatic carbocycles. The molecule has 0 amide bonds. The zero-order chi connectivity index (χ0) is 12.1. The van der Waals surface area contributed by atoms with Crippen LogP contribution >= 0.6 is 12.4 Å². The van der Waals surface area contributed by atoms with Gasteiger partial charge in [-0.3, -0.25) is 4.90 Å². The Labute approximate surface area is 118 Å². The molecular formula is C16H26ClN. The fourth-order valence-electron chi connectivity index (χ4n) is 3.11. The summed E-state index contributed by atoms with van der Waals surface area (Å²) >= 11 is 0. The highest BCUT2D eigenvalue weighted by atomic mass is 35.5. The molecule has 0 aromatic heterocycles. The molecule has 1 aromatic rings. The van der Waals surface area contributed by atoms with Crippen LogP contribution in [0.1, 0.15) is 56.7 Å². The van der Waals surface area contributed by atoms with E-state index in [2.05, 4.69) is 43.0 Å². The molecule has 0 aliphatic heterocycles. The number of rotatable bonds is 5. The summed E-state index contributed by atoms with van der Waals surface area (Å²) in [5.41, 5.74) is 3.18. The molecule has 1 aliphatic rings. The van der Waals surface area contributed by atoms with Gasteiger partial charge in [-0.1, -0.05) is 38.1 Å². The van der Waals surface area contributed by atoms with Crippen LogP contribution in [0.4, 0.5) is 0 Å². The fraction of sp³-hybridized carbons (Fsp3) is 0.625. The molecular weight excluding hydrogens is 242 g/mol. The third-order valence-electron chi connectivity index (χ3n) is 3.80. The van der Waals surface area contributed by atoms with E-state index < -0.39 is 0 Å². The zero-order valence-corrected chi connectivity index (χ0v) is 12.5. The first-order valence-corrected chi connectivity index (χ1v) is 7.18. The molecule has 0 spiro atoms. The van der Waals surface area contributed by atoms with Gasteiger partial charge >= 0.3 is 0 Å². The van der Waals surface area contributed by atoms with E-state index in [1.165, 1.54) is 45.2 Å². The number of halogens is 1. The zero-order valence-electron chi connectivity index (χ0n) is 11.7. The van der Waals surface area contributed by atoms with Crippen molar-refractivity contribution in [3.05, 3.63) is 35.4 Å². The van der Waals surface area contributed by atoms with Crippen molar-refractivity contribution >= 4 is 12.4 Å². The molecule has 1 nitrogen and oxygen atoms in total. The maximum atomic E-state index is 2.69. The van der Waals surface area contributed by atoms with E-state index in [1.807, 2.05) is 0 Å². The first kappa shape index (κ1) is 15.5. The van der Waals surface area contributed by atoms with Gasteiger partial charge in [0.1, 0.15) is 0 Å². The largest absolute Gasteiger partial charge is 0.296 e. The minimum Gasteiger partial charge on any atom is -0.296 e. The van der Waals surface area contributed by atoms with E-state index in [9.17, 15) is 0 Å². The predicted molar refractivity (Wildman–Crippen MR) is 81.5 cm³/mol. The van der Waals surface area contributed by atoms with Crippen LogP contribution in [0.2, 0.25) is 0 Å². The van der Waals surface area contributed by atoms with Crippen molar-refractivity contribution in [2.45, 2.75) is 52.0 Å². The lowest BCUT2D eigenvalue weighted by Gasteiger charge is -2.35. The van der Waals surface area contributed by atoms with Crippen molar-refractivity contribution in [2.75, 3.05) is 13.1 Å². The molecule has 102 valence electrons. The van der Waals surface area contributed by atoms with Crippen molar-refractivity contribution in [3.8, 4) is 0 Å². The predicted octanol–water partition coefficient (Wildman–Crippen LogP) is 4.61. The normalized spacial score (nSPS) is 18.3. The number of aryl methyl sites for hydroxylation is 1. The standard InChI is InChI=1S/C16H25N.ClH/c1-3-12-17(13-4-2)16-11-7-9-14-8-5-6-10-15(14)16;/h5-6,8,10,16H,3-4,7,9,11-13H2,1-2H3;1H. The molecule has 0 bridgehead atoms. The van der Waals surface area contributed by atoms with Gasteiger partial charge in [0.2, 0.25) is 0 Å². The highest BCUT2D eigenvalue weighted by Gasteiger charge is 2.24. The van der Waals surface area contributed by atoms with E-state index >= 15 is 0 Å². The van der Waals surface area contributed by atoms with Gasteiger partial charge < -0.3 is 0 Å². The van der Waals surface area contributed by atoms with Crippen LogP contribution in [0.25, 0.3) is 0 Å². The summed E-state index contributed by atoms with van der Waals surface area (Å²) in [6.07, 6.45) is 6.50. The van der Waals surface area contributed by atoms with E-state index in [1.54, 1.807) is 11.1 Å². The molecule has 2 heteroatoms. The lowest BCUT2D eigenvalue weighted by Crippen LogP contribution is -2.32. The maximum absolute atomic E-state index is 2.69. The van der Waals surface area contributed by atoms with Crippen molar-refractivity contribution in [2.24, 2.45) is 0 Å². The summed E-state index contributed by atoms with van der Waals surface area (Å²) in [6, 6.07) is 9.73. The lowest BCUT2D eigenvalue weighted by atomic mass is 9.86. The van der Waals surface area contributed by atoms with Crippen molar-refractivity contribution < 1.29 is 0 Å². The molecule has 0 fully saturated rings. The molecule has 1 unspecified atom stereocenters. The fourth-order valence-corrected chi connectivity index (χ4v) is 3.11. The van der Waals surface area contributed by atoms with Crippen LogP contribution in [-0.2, 0) is 6.42 Å². The average molecular weight is 268 g/mol. The highest BCUT2D eigenvalue weighted by Crippen LogP contribution is 2.34. The lowest BCUT2D eigenvalue weighted by molar-refractivity contribution is 0.179. The van der Waals surface area contributed by atoms with Gasteiger partial charge in [0.15, 0.2) is 0 Å². The van der Waals surface area contributed by atoms with Crippen molar-refractivity contribution in [1.29, 1.82) is 0 Å². The van der Waals surface area contributed by atoms with E-state index in [-0.39, 0.29) is 12.4 Å². The van der Waals surface area contributed by atoms with Crippen LogP contribution in [0, 0.1) is 0 Å². The Balaban J connectivity index is 0.00000162. The summed E-state index contributed by atoms with van der Waals surface area (Å²) in [6.45, 7) is 7.06. The monoisotopic (exact) mass is 267 g/mol. The van der Waals surface area contributed by atoms with Crippen molar-refractivity contribution in [3.63, 3.8) is 0 Å². The first-order valence-electron chi connectivity index (χ1n) is 7.18. The SMILES string of the molecule is CCCN(CCC)C1CCCc2ccccc21.Cl. The van der Waals surface area contributed by atoms with Gasteiger partial charge in [-0.15, -0.1) is 12.4 Å². The number of benzene rings is 1. The Hall–Kier alpha value is -0.530. The molecule has 1 atom stereocenters. The Kier molecular flexibility index (Phi) is 6.73. The first-order chi connectivity index (χ1) is 8.36. The van der Waals surface area contributed by atoms with Gasteiger partial charge in [0.05, 0.1) is 0 Å². The minimum atomic E-state index is 0. The second-order valence-corrected chi connectivity index (χ2v) is 5.14. The van der Waals surface area contributed by atoms with Gasteiger partial charge in [-0.05, 0) is 56.3 Å². The quantitative estimate of drug-likeness (QED) is 0.753. The van der Waals surface area contributed by atoms with Crippen LogP contribution in [-0.4, -0.2) is 18.0 Å². The topological polar surface area (TPSA) is 3.24 Å². The van der Waals surface area contributed by atoms with E-state index in [0.29, 0.717) is 6.04 Å². The molecule has 0 heterocycles. The van der Waals surface area contributed by atoms with Gasteiger partial charge in [0, 0.05) is 6.04 Å². The number of hydrogen-bond donors (Lipinski definition) is 0. The average Bonchev–Trinajstić information content (AvgIpc) is 2.38. The van der Waals surface area contributed by atoms with Crippen LogP contribution in [0.5, 0.6) is 0 Å². The van der Waals surface area contributed by atoms with E-state index in [4.69, 9.17) is 0 Å². The molecule has 2 rings (SSSR count). The minimum absolute atomic E-state index is 0. The third-order valence-corrected chi connectivity index (χ3v) is 3.80. The maximum Gasteiger partial charge on any atom is 0.0350 e. The number of hydrogen-bond acceptors (Lipinski definition) is 1. The molecule has 18 heavy (non-hydrogen) atoms. The molecule has 0 saturated heterocycles. The second kappa shape index (κ2) is 7.81. The Bertz CT molecular complexity index is 345. The highest BCUT2D eigenvalue weighted by molar-refractivity contribution is 5.85. The molecule has 0 radical (unpaired) electrons. The molecule has 1 aromatic carbocycles. The summed E-state index contributed by atoms with van der Waals surface area (Å²) in [5.74, 6) is 0. The van der Waals surface area contributed by atoms with E-state index in [0.717, 1.165) is 0 Å².